The Morgan fingerprint density at radius 2 is 1.98 bits per heavy atom. The summed E-state index contributed by atoms with van der Waals surface area (Å²) in [5.74, 6) is -3.04. The fourth-order valence-electron chi connectivity index (χ4n) is 6.46. The Bertz CT molecular complexity index is 1700. The smallest absolute Gasteiger partial charge is 0.350 e. The van der Waals surface area contributed by atoms with Crippen molar-refractivity contribution in [3.05, 3.63) is 63.3 Å². The zero-order chi connectivity index (χ0) is 30.8. The molecule has 0 saturated carbocycles. The molecule has 2 aromatic carbocycles. The van der Waals surface area contributed by atoms with Crippen LogP contribution in [0.5, 0.6) is 5.75 Å². The van der Waals surface area contributed by atoms with Crippen molar-refractivity contribution in [2.75, 3.05) is 44.2 Å². The molecule has 2 fully saturated rings. The van der Waals surface area contributed by atoms with Crippen LogP contribution < -0.4 is 15.3 Å². The summed E-state index contributed by atoms with van der Waals surface area (Å²) in [6, 6.07) is 4.63. The molecule has 4 heterocycles. The maximum atomic E-state index is 15.2. The Hall–Kier alpha value is -3.28. The molecule has 0 spiro atoms. The highest BCUT2D eigenvalue weighted by molar-refractivity contribution is 6.35. The fraction of sp³-hybridized carbons (Fsp3) is 0.433. The topological polar surface area (TPSA) is 70.9 Å². The van der Waals surface area contributed by atoms with Gasteiger partial charge in [-0.25, -0.2) is 18.0 Å². The van der Waals surface area contributed by atoms with Crippen LogP contribution in [0.1, 0.15) is 26.3 Å². The number of piperazine rings is 1. The summed E-state index contributed by atoms with van der Waals surface area (Å²) in [5, 5.41) is 0.937. The average molecular weight is 637 g/mol. The molecule has 6 rings (SSSR count). The van der Waals surface area contributed by atoms with E-state index in [1.54, 1.807) is 15.9 Å². The lowest BCUT2D eigenvalue weighted by atomic mass is 9.99. The van der Waals surface area contributed by atoms with Crippen molar-refractivity contribution in [3.8, 4) is 16.9 Å². The van der Waals surface area contributed by atoms with Crippen LogP contribution in [-0.4, -0.2) is 82.6 Å². The van der Waals surface area contributed by atoms with Crippen LogP contribution in [0.25, 0.3) is 22.0 Å². The van der Waals surface area contributed by atoms with Crippen molar-refractivity contribution in [2.24, 2.45) is 0 Å². The Morgan fingerprint density at radius 3 is 2.67 bits per heavy atom. The summed E-state index contributed by atoms with van der Waals surface area (Å²) in [5.41, 5.74) is 0.0871. The number of alkyl halides is 2. The van der Waals surface area contributed by atoms with Gasteiger partial charge in [0.2, 0.25) is 5.91 Å². The number of benzene rings is 2. The average Bonchev–Trinajstić information content (AvgIpc) is 3.30. The van der Waals surface area contributed by atoms with Crippen LogP contribution in [0.15, 0.2) is 41.7 Å². The number of amides is 1. The summed E-state index contributed by atoms with van der Waals surface area (Å²) < 4.78 is 51.0. The maximum Gasteiger partial charge on any atom is 0.350 e. The highest BCUT2D eigenvalue weighted by Crippen LogP contribution is 2.48. The fourth-order valence-corrected chi connectivity index (χ4v) is 6.93. The van der Waals surface area contributed by atoms with Gasteiger partial charge in [0.25, 0.3) is 5.92 Å². The monoisotopic (exact) mass is 635 g/mol. The molecule has 0 N–H and O–H groups in total. The summed E-state index contributed by atoms with van der Waals surface area (Å²) in [6.07, 6.45) is 1.01. The molecule has 43 heavy (non-hydrogen) atoms. The number of ether oxygens (including phenoxy) is 1. The molecular formula is C30H30Cl2F3N5O3. The van der Waals surface area contributed by atoms with Crippen LogP contribution in [-0.2, 0) is 4.79 Å². The third-order valence-electron chi connectivity index (χ3n) is 8.51. The van der Waals surface area contributed by atoms with E-state index in [4.69, 9.17) is 27.9 Å². The highest BCUT2D eigenvalue weighted by Gasteiger charge is 2.41. The molecule has 8 nitrogen and oxygen atoms in total. The number of halogens is 5. The van der Waals surface area contributed by atoms with Gasteiger partial charge in [0.05, 0.1) is 23.1 Å². The second-order valence-electron chi connectivity index (χ2n) is 11.5. The van der Waals surface area contributed by atoms with Crippen molar-refractivity contribution >= 4 is 45.8 Å². The molecule has 3 aliphatic rings. The Balaban J connectivity index is 1.54. The molecule has 0 unspecified atom stereocenters. The predicted octanol–water partition coefficient (Wildman–Crippen LogP) is 5.40. The van der Waals surface area contributed by atoms with Gasteiger partial charge in [0, 0.05) is 66.2 Å². The van der Waals surface area contributed by atoms with Crippen molar-refractivity contribution in [3.63, 3.8) is 0 Å². The first-order valence-corrected chi connectivity index (χ1v) is 14.8. The van der Waals surface area contributed by atoms with E-state index in [-0.39, 0.29) is 71.0 Å². The van der Waals surface area contributed by atoms with Gasteiger partial charge in [-0.15, -0.1) is 0 Å². The summed E-state index contributed by atoms with van der Waals surface area (Å²) in [7, 11) is 0. The predicted molar refractivity (Wildman–Crippen MR) is 160 cm³/mol. The van der Waals surface area contributed by atoms with Gasteiger partial charge < -0.3 is 14.5 Å². The largest absolute Gasteiger partial charge is 0.488 e. The maximum absolute atomic E-state index is 15.2. The number of carbonyl (C=O) groups is 1. The van der Waals surface area contributed by atoms with E-state index in [1.807, 2.05) is 18.7 Å². The summed E-state index contributed by atoms with van der Waals surface area (Å²) in [4.78, 5) is 36.1. The molecule has 0 bridgehead atoms. The van der Waals surface area contributed by atoms with Crippen molar-refractivity contribution in [2.45, 2.75) is 44.3 Å². The summed E-state index contributed by atoms with van der Waals surface area (Å²) in [6.45, 7) is 8.04. The second-order valence-corrected chi connectivity index (χ2v) is 12.4. The van der Waals surface area contributed by atoms with E-state index in [1.165, 1.54) is 28.8 Å². The van der Waals surface area contributed by atoms with Gasteiger partial charge in [-0.2, -0.15) is 4.98 Å². The van der Waals surface area contributed by atoms with Crippen LogP contribution in [0.3, 0.4) is 0 Å². The quantitative estimate of drug-likeness (QED) is 0.350. The Morgan fingerprint density at radius 1 is 1.21 bits per heavy atom. The lowest BCUT2D eigenvalue weighted by Crippen LogP contribution is -2.58. The molecule has 3 aliphatic heterocycles. The zero-order valence-corrected chi connectivity index (χ0v) is 25.1. The van der Waals surface area contributed by atoms with E-state index in [0.717, 1.165) is 0 Å². The SMILES string of the molecule is C=CC(=O)N1C[C@H](C)N(c2nc(=O)n3c4c(c(-c5cc(Cl)ccc5F)c(Cl)cc24)OC[C@H]3CN2CCC(F)(F)C2)C[C@H]1C. The molecule has 13 heteroatoms. The van der Waals surface area contributed by atoms with Crippen molar-refractivity contribution in [1.29, 1.82) is 0 Å². The second kappa shape index (κ2) is 11.0. The van der Waals surface area contributed by atoms with Crippen molar-refractivity contribution < 1.29 is 22.7 Å². The molecule has 0 radical (unpaired) electrons. The Labute approximate surface area is 256 Å². The molecule has 0 aliphatic carbocycles. The molecule has 2 saturated heterocycles. The minimum Gasteiger partial charge on any atom is -0.488 e. The number of aromatic nitrogens is 2. The van der Waals surface area contributed by atoms with Gasteiger partial charge >= 0.3 is 5.69 Å². The number of anilines is 1. The van der Waals surface area contributed by atoms with Crippen LogP contribution in [0.4, 0.5) is 19.0 Å². The molecule has 3 aromatic rings. The standard InChI is InChI=1S/C30H30Cl2F3N5O3/c1-4-24(41)38-11-17(3)39(12-16(38)2)28-21-10-22(32)25(20-9-18(31)5-6-23(20)33)27-26(21)40(29(42)36-28)19(14-43-27)13-37-8-7-30(34,35)15-37/h4-6,9-10,16-17,19H,1,7-8,11-15H2,2-3H3/t16-,17+,19-/m1/s1. The lowest BCUT2D eigenvalue weighted by Gasteiger charge is -2.45. The third-order valence-corrected chi connectivity index (χ3v) is 9.05. The number of carbonyl (C=O) groups excluding carboxylic acids is 1. The first-order chi connectivity index (χ1) is 20.4. The van der Waals surface area contributed by atoms with Gasteiger partial charge in [0.1, 0.15) is 18.2 Å². The van der Waals surface area contributed by atoms with Crippen LogP contribution >= 0.6 is 23.2 Å². The number of hydrogen-bond acceptors (Lipinski definition) is 6. The zero-order valence-electron chi connectivity index (χ0n) is 23.6. The van der Waals surface area contributed by atoms with Crippen LogP contribution in [0.2, 0.25) is 10.0 Å². The normalized spacial score (nSPS) is 23.5. The lowest BCUT2D eigenvalue weighted by molar-refractivity contribution is -0.128. The summed E-state index contributed by atoms with van der Waals surface area (Å²) >= 11 is 13.1. The number of nitrogens with zero attached hydrogens (tertiary/aromatic N) is 5. The van der Waals surface area contributed by atoms with E-state index in [0.29, 0.717) is 29.8 Å². The third kappa shape index (κ3) is 5.25. The van der Waals surface area contributed by atoms with Crippen LogP contribution in [0, 0.1) is 5.82 Å². The first kappa shape index (κ1) is 29.8. The van der Waals surface area contributed by atoms with Gasteiger partial charge in [-0.1, -0.05) is 29.8 Å². The van der Waals surface area contributed by atoms with Gasteiger partial charge in [0.15, 0.2) is 5.75 Å². The molecular weight excluding hydrogens is 606 g/mol. The first-order valence-electron chi connectivity index (χ1n) is 14.1. The van der Waals surface area contributed by atoms with Crippen molar-refractivity contribution in [1.82, 2.24) is 19.4 Å². The molecule has 1 amide bonds. The number of likely N-dealkylation sites (tertiary alicyclic amines) is 1. The molecule has 1 aromatic heterocycles. The minimum absolute atomic E-state index is 0.0313. The van der Waals surface area contributed by atoms with Gasteiger partial charge in [-0.3, -0.25) is 14.3 Å². The minimum atomic E-state index is -2.80. The van der Waals surface area contributed by atoms with E-state index in [2.05, 4.69) is 11.6 Å². The molecule has 228 valence electrons. The van der Waals surface area contributed by atoms with E-state index in [9.17, 15) is 18.4 Å². The number of hydrogen-bond donors (Lipinski definition) is 0. The molecule has 3 atom stereocenters. The number of rotatable bonds is 5. The van der Waals surface area contributed by atoms with E-state index >= 15 is 4.39 Å². The van der Waals surface area contributed by atoms with E-state index < -0.39 is 30.0 Å². The van der Waals surface area contributed by atoms with Gasteiger partial charge in [-0.05, 0) is 44.2 Å². The highest BCUT2D eigenvalue weighted by atomic mass is 35.5. The Kier molecular flexibility index (Phi) is 7.63.